The maximum Gasteiger partial charge on any atom is 0.475 e. The number of carbonyl (C=O) groups excluding carboxylic acids is 3. The zero-order valence-electron chi connectivity index (χ0n) is 24.2. The molecule has 11 heteroatoms. The number of morpholine rings is 1. The molecule has 222 valence electrons. The van der Waals surface area contributed by atoms with Crippen molar-refractivity contribution in [2.45, 2.75) is 70.6 Å². The first-order valence-corrected chi connectivity index (χ1v) is 14.1. The van der Waals surface area contributed by atoms with Crippen LogP contribution in [0.2, 0.25) is 0 Å². The summed E-state index contributed by atoms with van der Waals surface area (Å²) in [6.07, 6.45) is 0.520. The van der Waals surface area contributed by atoms with E-state index in [0.29, 0.717) is 39.1 Å². The Morgan fingerprint density at radius 2 is 1.59 bits per heavy atom. The third kappa shape index (κ3) is 10.8. The monoisotopic (exact) mass is 567 g/mol. The van der Waals surface area contributed by atoms with E-state index in [4.69, 9.17) is 9.47 Å². The molecule has 2 aromatic carbocycles. The summed E-state index contributed by atoms with van der Waals surface area (Å²) in [5, 5.41) is 22.9. The number of benzene rings is 2. The second-order valence-corrected chi connectivity index (χ2v) is 11.2. The van der Waals surface area contributed by atoms with E-state index in [0.717, 1.165) is 11.1 Å². The highest BCUT2D eigenvalue weighted by molar-refractivity contribution is 6.43. The van der Waals surface area contributed by atoms with Gasteiger partial charge in [0.15, 0.2) is 0 Å². The molecule has 3 rings (SSSR count). The number of carbonyl (C=O) groups is 3. The first kappa shape index (κ1) is 32.1. The highest BCUT2D eigenvalue weighted by Gasteiger charge is 2.38. The maximum absolute atomic E-state index is 13.8. The van der Waals surface area contributed by atoms with Crippen molar-refractivity contribution in [3.63, 3.8) is 0 Å². The van der Waals surface area contributed by atoms with Crippen LogP contribution in [0.15, 0.2) is 60.7 Å². The van der Waals surface area contributed by atoms with Crippen LogP contribution in [0.5, 0.6) is 0 Å². The first-order chi connectivity index (χ1) is 19.5. The molecule has 0 aliphatic carbocycles. The van der Waals surface area contributed by atoms with Gasteiger partial charge in [-0.3, -0.25) is 14.5 Å². The maximum atomic E-state index is 13.8. The van der Waals surface area contributed by atoms with Gasteiger partial charge in [-0.05, 0) is 51.2 Å². The van der Waals surface area contributed by atoms with E-state index in [9.17, 15) is 24.4 Å². The standard InChI is InChI=1S/C30H42BN3O7/c1-30(2,3)41-29(37)34(22-24-13-8-5-9-14-24)25(21-27(35)33-17-19-40-20-18-33)28(36)32-26(31(38)39)16-10-15-23-11-6-4-7-12-23/h4-9,11-14,25-26,38-39H,10,15-22H2,1-3H3,(H,32,36). The van der Waals surface area contributed by atoms with E-state index in [1.807, 2.05) is 60.7 Å². The summed E-state index contributed by atoms with van der Waals surface area (Å²) in [5.41, 5.74) is 0.997. The van der Waals surface area contributed by atoms with Crippen molar-refractivity contribution in [1.82, 2.24) is 15.1 Å². The number of amides is 3. The SMILES string of the molecule is CC(C)(C)OC(=O)N(Cc1ccccc1)C(CC(=O)N1CCOCC1)C(=O)NC(CCCc1ccccc1)B(O)O. The summed E-state index contributed by atoms with van der Waals surface area (Å²) in [4.78, 5) is 43.5. The minimum absolute atomic E-state index is 0.0184. The van der Waals surface area contributed by atoms with Crippen molar-refractivity contribution in [3.05, 3.63) is 71.8 Å². The van der Waals surface area contributed by atoms with E-state index >= 15 is 0 Å². The number of rotatable bonds is 12. The molecule has 0 bridgehead atoms. The Morgan fingerprint density at radius 3 is 2.15 bits per heavy atom. The molecule has 41 heavy (non-hydrogen) atoms. The summed E-state index contributed by atoms with van der Waals surface area (Å²) in [6, 6.07) is 17.6. The molecule has 1 fully saturated rings. The lowest BCUT2D eigenvalue weighted by Gasteiger charge is -2.35. The molecule has 10 nitrogen and oxygen atoms in total. The normalized spacial score (nSPS) is 15.0. The van der Waals surface area contributed by atoms with Crippen molar-refractivity contribution in [2.24, 2.45) is 0 Å². The van der Waals surface area contributed by atoms with Gasteiger partial charge in [-0.2, -0.15) is 0 Å². The Labute approximate surface area is 242 Å². The third-order valence-corrected chi connectivity index (χ3v) is 6.75. The zero-order valence-corrected chi connectivity index (χ0v) is 24.2. The molecule has 0 aromatic heterocycles. The minimum atomic E-state index is -1.82. The highest BCUT2D eigenvalue weighted by Crippen LogP contribution is 2.19. The van der Waals surface area contributed by atoms with Gasteiger partial charge in [0, 0.05) is 19.6 Å². The molecular formula is C30H42BN3O7. The third-order valence-electron chi connectivity index (χ3n) is 6.75. The first-order valence-electron chi connectivity index (χ1n) is 14.1. The fourth-order valence-corrected chi connectivity index (χ4v) is 4.60. The predicted octanol–water partition coefficient (Wildman–Crippen LogP) is 2.56. The molecule has 0 saturated carbocycles. The molecule has 1 heterocycles. The van der Waals surface area contributed by atoms with Crippen LogP contribution in [0.3, 0.4) is 0 Å². The Morgan fingerprint density at radius 1 is 1.00 bits per heavy atom. The molecule has 1 saturated heterocycles. The average Bonchev–Trinajstić information content (AvgIpc) is 2.94. The number of nitrogens with zero attached hydrogens (tertiary/aromatic N) is 2. The summed E-state index contributed by atoms with van der Waals surface area (Å²) in [7, 11) is -1.82. The summed E-state index contributed by atoms with van der Waals surface area (Å²) >= 11 is 0. The predicted molar refractivity (Wildman–Crippen MR) is 156 cm³/mol. The second-order valence-electron chi connectivity index (χ2n) is 11.2. The number of aryl methyl sites for hydroxylation is 1. The molecule has 1 aliphatic heterocycles. The molecule has 0 spiro atoms. The van der Waals surface area contributed by atoms with Gasteiger partial charge in [0.1, 0.15) is 11.6 Å². The Kier molecular flexibility index (Phi) is 12.2. The van der Waals surface area contributed by atoms with Gasteiger partial charge in [-0.1, -0.05) is 60.7 Å². The zero-order chi connectivity index (χ0) is 29.8. The van der Waals surface area contributed by atoms with Gasteiger partial charge in [-0.25, -0.2) is 4.79 Å². The van der Waals surface area contributed by atoms with Crippen LogP contribution in [-0.4, -0.2) is 88.8 Å². The van der Waals surface area contributed by atoms with E-state index in [1.54, 1.807) is 25.7 Å². The molecule has 1 aliphatic rings. The van der Waals surface area contributed by atoms with Gasteiger partial charge < -0.3 is 29.7 Å². The van der Waals surface area contributed by atoms with Crippen LogP contribution in [0, 0.1) is 0 Å². The van der Waals surface area contributed by atoms with Crippen LogP contribution in [0.4, 0.5) is 4.79 Å². The van der Waals surface area contributed by atoms with Crippen molar-refractivity contribution < 1.29 is 33.9 Å². The fraction of sp³-hybridized carbons (Fsp3) is 0.500. The quantitative estimate of drug-likeness (QED) is 0.337. The van der Waals surface area contributed by atoms with Crippen LogP contribution >= 0.6 is 0 Å². The van der Waals surface area contributed by atoms with Gasteiger partial charge in [-0.15, -0.1) is 0 Å². The van der Waals surface area contributed by atoms with Gasteiger partial charge >= 0.3 is 13.2 Å². The smallest absolute Gasteiger partial charge is 0.444 e. The molecule has 2 unspecified atom stereocenters. The van der Waals surface area contributed by atoms with E-state index in [2.05, 4.69) is 5.32 Å². The van der Waals surface area contributed by atoms with Crippen LogP contribution in [0.25, 0.3) is 0 Å². The highest BCUT2D eigenvalue weighted by atomic mass is 16.6. The molecule has 3 N–H and O–H groups in total. The second kappa shape index (κ2) is 15.6. The van der Waals surface area contributed by atoms with E-state index < -0.39 is 36.7 Å². The minimum Gasteiger partial charge on any atom is -0.444 e. The Hall–Kier alpha value is -3.41. The molecular weight excluding hydrogens is 525 g/mol. The fourth-order valence-electron chi connectivity index (χ4n) is 4.60. The van der Waals surface area contributed by atoms with E-state index in [1.165, 1.54) is 4.90 Å². The topological polar surface area (TPSA) is 129 Å². The molecule has 0 radical (unpaired) electrons. The summed E-state index contributed by atoms with van der Waals surface area (Å²) in [5.74, 6) is -1.96. The average molecular weight is 567 g/mol. The van der Waals surface area contributed by atoms with Crippen LogP contribution in [-0.2, 0) is 32.0 Å². The van der Waals surface area contributed by atoms with Gasteiger partial charge in [0.2, 0.25) is 11.8 Å². The van der Waals surface area contributed by atoms with E-state index in [-0.39, 0.29) is 25.3 Å². The number of hydrogen-bond acceptors (Lipinski definition) is 7. The molecule has 2 aromatic rings. The summed E-state index contributed by atoms with van der Waals surface area (Å²) < 4.78 is 11.0. The Balaban J connectivity index is 1.85. The largest absolute Gasteiger partial charge is 0.475 e. The number of ether oxygens (including phenoxy) is 2. The lowest BCUT2D eigenvalue weighted by Crippen LogP contribution is -2.57. The summed E-state index contributed by atoms with van der Waals surface area (Å²) in [6.45, 7) is 6.75. The van der Waals surface area contributed by atoms with Crippen molar-refractivity contribution in [3.8, 4) is 0 Å². The van der Waals surface area contributed by atoms with Gasteiger partial charge in [0.25, 0.3) is 0 Å². The molecule has 3 amide bonds. The van der Waals surface area contributed by atoms with Crippen LogP contribution in [0.1, 0.15) is 51.2 Å². The Bertz CT molecular complexity index is 1110. The number of hydrogen-bond donors (Lipinski definition) is 3. The lowest BCUT2D eigenvalue weighted by atomic mass is 9.76. The molecule has 2 atom stereocenters. The van der Waals surface area contributed by atoms with Crippen molar-refractivity contribution >= 4 is 25.0 Å². The number of nitrogens with one attached hydrogen (secondary N) is 1. The van der Waals surface area contributed by atoms with Crippen molar-refractivity contribution in [2.75, 3.05) is 26.3 Å². The van der Waals surface area contributed by atoms with Crippen LogP contribution < -0.4 is 5.32 Å². The lowest BCUT2D eigenvalue weighted by molar-refractivity contribution is -0.140. The van der Waals surface area contributed by atoms with Crippen molar-refractivity contribution in [1.29, 1.82) is 0 Å². The van der Waals surface area contributed by atoms with Gasteiger partial charge in [0.05, 0.1) is 25.6 Å².